The molecular formula is C20H22ClN3O2. The van der Waals surface area contributed by atoms with Gasteiger partial charge in [0.2, 0.25) is 5.91 Å². The summed E-state index contributed by atoms with van der Waals surface area (Å²) >= 11 is 0. The predicted molar refractivity (Wildman–Crippen MR) is 103 cm³/mol. The summed E-state index contributed by atoms with van der Waals surface area (Å²) in [4.78, 5) is 24.0. The highest BCUT2D eigenvalue weighted by atomic mass is 35.5. The lowest BCUT2D eigenvalue weighted by atomic mass is 10.1. The molecule has 2 amide bonds. The number of nitrogens with one attached hydrogen (secondary N) is 3. The molecule has 0 radical (unpaired) electrons. The summed E-state index contributed by atoms with van der Waals surface area (Å²) in [5, 5.41) is 9.14. The Hall–Kier alpha value is -2.37. The van der Waals surface area contributed by atoms with Crippen LogP contribution in [0.25, 0.3) is 0 Å². The van der Waals surface area contributed by atoms with E-state index in [-0.39, 0.29) is 30.1 Å². The van der Waals surface area contributed by atoms with E-state index in [0.717, 1.165) is 37.2 Å². The molecule has 3 N–H and O–H groups in total. The smallest absolute Gasteiger partial charge is 0.251 e. The van der Waals surface area contributed by atoms with Gasteiger partial charge in [0.1, 0.15) is 0 Å². The maximum absolute atomic E-state index is 12.3. The van der Waals surface area contributed by atoms with E-state index in [2.05, 4.69) is 34.1 Å². The fourth-order valence-corrected chi connectivity index (χ4v) is 3.04. The SMILES string of the molecule is Cl.O=C(NCc1ccc2c(c1)CNC2)c1ccc(NC(=O)C2CC2)cc1. The van der Waals surface area contributed by atoms with E-state index in [9.17, 15) is 9.59 Å². The van der Waals surface area contributed by atoms with Gasteiger partial charge in [-0.1, -0.05) is 18.2 Å². The summed E-state index contributed by atoms with van der Waals surface area (Å²) < 4.78 is 0. The van der Waals surface area contributed by atoms with E-state index in [1.54, 1.807) is 24.3 Å². The Labute approximate surface area is 159 Å². The maximum atomic E-state index is 12.3. The van der Waals surface area contributed by atoms with Crippen LogP contribution >= 0.6 is 12.4 Å². The molecule has 1 fully saturated rings. The first-order chi connectivity index (χ1) is 12.2. The number of hydrogen-bond donors (Lipinski definition) is 3. The fraction of sp³-hybridized carbons (Fsp3) is 0.300. The molecule has 0 spiro atoms. The molecule has 136 valence electrons. The second kappa shape index (κ2) is 7.89. The second-order valence-corrected chi connectivity index (χ2v) is 6.73. The topological polar surface area (TPSA) is 70.2 Å². The number of rotatable bonds is 5. The summed E-state index contributed by atoms with van der Waals surface area (Å²) in [5.74, 6) is 0.132. The van der Waals surface area contributed by atoms with Crippen LogP contribution in [0.1, 0.15) is 39.9 Å². The van der Waals surface area contributed by atoms with E-state index in [1.807, 2.05) is 0 Å². The lowest BCUT2D eigenvalue weighted by Crippen LogP contribution is -2.23. The van der Waals surface area contributed by atoms with Gasteiger partial charge in [-0.2, -0.15) is 0 Å². The van der Waals surface area contributed by atoms with Crippen molar-refractivity contribution in [1.29, 1.82) is 0 Å². The number of carbonyl (C=O) groups is 2. The molecule has 2 aromatic rings. The van der Waals surface area contributed by atoms with Crippen LogP contribution in [0.5, 0.6) is 0 Å². The van der Waals surface area contributed by atoms with Crippen LogP contribution < -0.4 is 16.0 Å². The van der Waals surface area contributed by atoms with Crippen LogP contribution in [-0.4, -0.2) is 11.8 Å². The van der Waals surface area contributed by atoms with E-state index < -0.39 is 0 Å². The van der Waals surface area contributed by atoms with Gasteiger partial charge in [0.25, 0.3) is 5.91 Å². The number of anilines is 1. The monoisotopic (exact) mass is 371 g/mol. The van der Waals surface area contributed by atoms with Crippen molar-refractivity contribution >= 4 is 29.9 Å². The molecule has 2 aromatic carbocycles. The zero-order chi connectivity index (χ0) is 17.2. The molecule has 1 aliphatic heterocycles. The van der Waals surface area contributed by atoms with E-state index in [4.69, 9.17) is 0 Å². The lowest BCUT2D eigenvalue weighted by Gasteiger charge is -2.08. The Morgan fingerprint density at radius 2 is 1.73 bits per heavy atom. The first-order valence-electron chi connectivity index (χ1n) is 8.69. The summed E-state index contributed by atoms with van der Waals surface area (Å²) in [5.41, 5.74) is 5.07. The van der Waals surface area contributed by atoms with E-state index in [1.165, 1.54) is 11.1 Å². The van der Waals surface area contributed by atoms with Crippen molar-refractivity contribution in [2.75, 3.05) is 5.32 Å². The Morgan fingerprint density at radius 3 is 2.46 bits per heavy atom. The largest absolute Gasteiger partial charge is 0.348 e. The Balaban J connectivity index is 0.00000196. The highest BCUT2D eigenvalue weighted by Crippen LogP contribution is 2.30. The molecule has 26 heavy (non-hydrogen) atoms. The maximum Gasteiger partial charge on any atom is 0.251 e. The Morgan fingerprint density at radius 1 is 1.00 bits per heavy atom. The third-order valence-electron chi connectivity index (χ3n) is 4.72. The molecule has 1 heterocycles. The molecule has 0 unspecified atom stereocenters. The van der Waals surface area contributed by atoms with Gasteiger partial charge >= 0.3 is 0 Å². The average Bonchev–Trinajstić information content (AvgIpc) is 3.38. The first kappa shape index (κ1) is 18.4. The van der Waals surface area contributed by atoms with Crippen LogP contribution in [0.15, 0.2) is 42.5 Å². The van der Waals surface area contributed by atoms with Gasteiger partial charge in [0.05, 0.1) is 0 Å². The fourth-order valence-electron chi connectivity index (χ4n) is 3.04. The highest BCUT2D eigenvalue weighted by Gasteiger charge is 2.29. The van der Waals surface area contributed by atoms with Crippen molar-refractivity contribution in [2.24, 2.45) is 5.92 Å². The van der Waals surface area contributed by atoms with Crippen LogP contribution in [0.4, 0.5) is 5.69 Å². The molecule has 0 saturated heterocycles. The highest BCUT2D eigenvalue weighted by molar-refractivity contribution is 5.96. The molecule has 6 heteroatoms. The van der Waals surface area contributed by atoms with Crippen molar-refractivity contribution in [1.82, 2.24) is 10.6 Å². The van der Waals surface area contributed by atoms with Crippen LogP contribution in [0.3, 0.4) is 0 Å². The Kier molecular flexibility index (Phi) is 5.59. The molecule has 2 aliphatic rings. The second-order valence-electron chi connectivity index (χ2n) is 6.73. The summed E-state index contributed by atoms with van der Waals surface area (Å²) in [6.45, 7) is 2.32. The third kappa shape index (κ3) is 4.23. The van der Waals surface area contributed by atoms with E-state index >= 15 is 0 Å². The standard InChI is InChI=1S/C20H21N3O2.ClH/c24-19(22-10-13-1-2-16-11-21-12-17(16)9-13)14-5-7-18(8-6-14)23-20(25)15-3-4-15;/h1-2,5-9,15,21H,3-4,10-12H2,(H,22,24)(H,23,25);1H. The molecule has 0 atom stereocenters. The third-order valence-corrected chi connectivity index (χ3v) is 4.72. The van der Waals surface area contributed by atoms with Crippen molar-refractivity contribution < 1.29 is 9.59 Å². The van der Waals surface area contributed by atoms with Crippen LogP contribution in [-0.2, 0) is 24.4 Å². The van der Waals surface area contributed by atoms with Gasteiger partial charge < -0.3 is 16.0 Å². The number of amides is 2. The molecule has 0 aromatic heterocycles. The average molecular weight is 372 g/mol. The van der Waals surface area contributed by atoms with Gasteiger partial charge in [-0.3, -0.25) is 9.59 Å². The first-order valence-corrected chi connectivity index (χ1v) is 8.69. The summed E-state index contributed by atoms with van der Waals surface area (Å²) in [6, 6.07) is 13.4. The quantitative estimate of drug-likeness (QED) is 0.756. The molecule has 5 nitrogen and oxygen atoms in total. The molecule has 4 rings (SSSR count). The minimum Gasteiger partial charge on any atom is -0.348 e. The van der Waals surface area contributed by atoms with Crippen LogP contribution in [0, 0.1) is 5.92 Å². The van der Waals surface area contributed by atoms with Gasteiger partial charge in [-0.05, 0) is 53.8 Å². The van der Waals surface area contributed by atoms with Gasteiger partial charge in [0.15, 0.2) is 0 Å². The summed E-state index contributed by atoms with van der Waals surface area (Å²) in [6.07, 6.45) is 1.95. The normalized spacial score (nSPS) is 14.9. The summed E-state index contributed by atoms with van der Waals surface area (Å²) in [7, 11) is 0. The van der Waals surface area contributed by atoms with Gasteiger partial charge in [-0.25, -0.2) is 0 Å². The van der Waals surface area contributed by atoms with Crippen molar-refractivity contribution in [3.63, 3.8) is 0 Å². The van der Waals surface area contributed by atoms with Crippen molar-refractivity contribution in [2.45, 2.75) is 32.5 Å². The molecule has 0 bridgehead atoms. The number of fused-ring (bicyclic) bond motifs is 1. The molecular weight excluding hydrogens is 350 g/mol. The minimum absolute atomic E-state index is 0. The van der Waals surface area contributed by atoms with Crippen LogP contribution in [0.2, 0.25) is 0 Å². The lowest BCUT2D eigenvalue weighted by molar-refractivity contribution is -0.117. The van der Waals surface area contributed by atoms with Crippen molar-refractivity contribution in [3.05, 3.63) is 64.7 Å². The predicted octanol–water partition coefficient (Wildman–Crippen LogP) is 2.99. The van der Waals surface area contributed by atoms with Gasteiger partial charge in [0, 0.05) is 36.8 Å². The Bertz CT molecular complexity index is 816. The number of halogens is 1. The zero-order valence-corrected chi connectivity index (χ0v) is 15.2. The van der Waals surface area contributed by atoms with E-state index in [0.29, 0.717) is 12.1 Å². The van der Waals surface area contributed by atoms with Crippen molar-refractivity contribution in [3.8, 4) is 0 Å². The minimum atomic E-state index is -0.112. The number of hydrogen-bond acceptors (Lipinski definition) is 3. The zero-order valence-electron chi connectivity index (χ0n) is 14.4. The number of benzene rings is 2. The van der Waals surface area contributed by atoms with Gasteiger partial charge in [-0.15, -0.1) is 12.4 Å². The molecule has 1 aliphatic carbocycles. The number of carbonyl (C=O) groups excluding carboxylic acids is 2. The molecule has 1 saturated carbocycles.